The van der Waals surface area contributed by atoms with Gasteiger partial charge in [0.05, 0.1) is 12.2 Å². The molecule has 0 spiro atoms. The third kappa shape index (κ3) is 11.9. The number of benzene rings is 2. The first-order chi connectivity index (χ1) is 18.3. The van der Waals surface area contributed by atoms with Crippen LogP contribution in [0.1, 0.15) is 29.6 Å². The van der Waals surface area contributed by atoms with E-state index in [2.05, 4.69) is 15.3 Å². The standard InChI is InChI=1S/C23H28BN5O7S2/c25-20(15-38-37-13-12-36-22(31)16-7-9-18(10-8-16)28-29-26)23(32)35-11-2-1-6-21(30)27-19-5-3-4-17(14-19)24(33)34/h3-5,7-10,14,20,33-34H,1-2,6,11-13,15,25H2,(H,27,30). The second-order valence-electron chi connectivity index (χ2n) is 7.76. The number of rotatable bonds is 16. The zero-order valence-corrected chi connectivity index (χ0v) is 22.0. The summed E-state index contributed by atoms with van der Waals surface area (Å²) in [5.74, 6) is -0.432. The minimum absolute atomic E-state index is 0.142. The Morgan fingerprint density at radius 3 is 2.55 bits per heavy atom. The molecule has 202 valence electrons. The lowest BCUT2D eigenvalue weighted by molar-refractivity contribution is -0.144. The molecule has 0 aromatic heterocycles. The Labute approximate surface area is 227 Å². The molecule has 0 fully saturated rings. The Bertz CT molecular complexity index is 1120. The highest BCUT2D eigenvalue weighted by Crippen LogP contribution is 2.22. The predicted molar refractivity (Wildman–Crippen MR) is 148 cm³/mol. The van der Waals surface area contributed by atoms with Crippen molar-refractivity contribution in [3.8, 4) is 0 Å². The number of nitrogens with one attached hydrogen (secondary N) is 1. The number of esters is 2. The number of unbranched alkanes of at least 4 members (excludes halogenated alkanes) is 1. The highest BCUT2D eigenvalue weighted by Gasteiger charge is 2.16. The summed E-state index contributed by atoms with van der Waals surface area (Å²) in [7, 11) is 1.16. The van der Waals surface area contributed by atoms with Crippen LogP contribution in [0.15, 0.2) is 53.6 Å². The van der Waals surface area contributed by atoms with Crippen molar-refractivity contribution in [2.75, 3.05) is 30.0 Å². The van der Waals surface area contributed by atoms with E-state index >= 15 is 0 Å². The first-order valence-electron chi connectivity index (χ1n) is 11.5. The van der Waals surface area contributed by atoms with Crippen molar-refractivity contribution < 1.29 is 33.9 Å². The van der Waals surface area contributed by atoms with Gasteiger partial charge >= 0.3 is 19.1 Å². The van der Waals surface area contributed by atoms with Crippen molar-refractivity contribution >= 4 is 63.4 Å². The Morgan fingerprint density at radius 2 is 1.84 bits per heavy atom. The maximum atomic E-state index is 12.0. The molecule has 1 unspecified atom stereocenters. The van der Waals surface area contributed by atoms with Crippen molar-refractivity contribution in [2.45, 2.75) is 25.3 Å². The van der Waals surface area contributed by atoms with Crippen molar-refractivity contribution in [2.24, 2.45) is 10.8 Å². The summed E-state index contributed by atoms with van der Waals surface area (Å²) < 4.78 is 10.3. The second kappa shape index (κ2) is 17.3. The number of azide groups is 1. The van der Waals surface area contributed by atoms with Gasteiger partial charge in [-0.2, -0.15) is 0 Å². The normalized spacial score (nSPS) is 11.1. The van der Waals surface area contributed by atoms with E-state index in [1.54, 1.807) is 12.1 Å². The van der Waals surface area contributed by atoms with E-state index in [4.69, 9.17) is 20.7 Å². The SMILES string of the molecule is [N-]=[N+]=Nc1ccc(C(=O)OCCSSCC(N)C(=O)OCCCCC(=O)Nc2cccc(B(O)O)c2)cc1. The Balaban J connectivity index is 1.50. The van der Waals surface area contributed by atoms with Crippen LogP contribution in [-0.2, 0) is 19.1 Å². The summed E-state index contributed by atoms with van der Waals surface area (Å²) in [5, 5.41) is 24.5. The van der Waals surface area contributed by atoms with Gasteiger partial charge in [-0.3, -0.25) is 9.59 Å². The lowest BCUT2D eigenvalue weighted by Gasteiger charge is -2.11. The zero-order valence-electron chi connectivity index (χ0n) is 20.4. The van der Waals surface area contributed by atoms with Crippen LogP contribution in [0.4, 0.5) is 11.4 Å². The maximum Gasteiger partial charge on any atom is 0.488 e. The first kappa shape index (κ1) is 31.0. The average Bonchev–Trinajstić information content (AvgIpc) is 2.90. The van der Waals surface area contributed by atoms with E-state index in [9.17, 15) is 24.4 Å². The van der Waals surface area contributed by atoms with Crippen LogP contribution in [0, 0.1) is 0 Å². The van der Waals surface area contributed by atoms with Crippen LogP contribution >= 0.6 is 21.6 Å². The van der Waals surface area contributed by atoms with Crippen molar-refractivity contribution in [1.82, 2.24) is 0 Å². The summed E-state index contributed by atoms with van der Waals surface area (Å²) in [5.41, 5.74) is 15.7. The van der Waals surface area contributed by atoms with Crippen LogP contribution in [0.3, 0.4) is 0 Å². The Hall–Kier alpha value is -3.20. The topological polar surface area (TPSA) is 197 Å². The van der Waals surface area contributed by atoms with Crippen molar-refractivity contribution in [3.63, 3.8) is 0 Å². The fraction of sp³-hybridized carbons (Fsp3) is 0.348. The summed E-state index contributed by atoms with van der Waals surface area (Å²) in [6.45, 7) is 0.320. The number of amides is 1. The largest absolute Gasteiger partial charge is 0.488 e. The predicted octanol–water partition coefficient (Wildman–Crippen LogP) is 2.53. The minimum Gasteiger partial charge on any atom is -0.465 e. The summed E-state index contributed by atoms with van der Waals surface area (Å²) in [4.78, 5) is 38.7. The Morgan fingerprint density at radius 1 is 1.08 bits per heavy atom. The molecular weight excluding hydrogens is 533 g/mol. The van der Waals surface area contributed by atoms with Gasteiger partial charge in [0, 0.05) is 34.2 Å². The van der Waals surface area contributed by atoms with Crippen molar-refractivity contribution in [3.05, 3.63) is 64.5 Å². The van der Waals surface area contributed by atoms with Crippen LogP contribution in [0.5, 0.6) is 0 Å². The third-order valence-corrected chi connectivity index (χ3v) is 7.21. The number of nitrogens with two attached hydrogens (primary N) is 1. The fourth-order valence-corrected chi connectivity index (χ4v) is 4.82. The van der Waals surface area contributed by atoms with Crippen molar-refractivity contribution in [1.29, 1.82) is 0 Å². The lowest BCUT2D eigenvalue weighted by Crippen LogP contribution is -2.34. The molecule has 12 nitrogen and oxygen atoms in total. The molecule has 2 aromatic rings. The monoisotopic (exact) mass is 561 g/mol. The summed E-state index contributed by atoms with van der Waals surface area (Å²) >= 11 is 0. The van der Waals surface area contributed by atoms with Crippen LogP contribution < -0.4 is 16.5 Å². The van der Waals surface area contributed by atoms with E-state index < -0.39 is 25.1 Å². The fourth-order valence-electron chi connectivity index (χ4n) is 2.88. The van der Waals surface area contributed by atoms with E-state index in [1.165, 1.54) is 58.0 Å². The number of ether oxygens (including phenoxy) is 2. The van der Waals surface area contributed by atoms with Crippen LogP contribution in [0.2, 0.25) is 0 Å². The molecule has 0 radical (unpaired) electrons. The van der Waals surface area contributed by atoms with Gasteiger partial charge in [0.25, 0.3) is 0 Å². The molecule has 0 aliphatic heterocycles. The highest BCUT2D eigenvalue weighted by molar-refractivity contribution is 8.76. The molecular formula is C23H28BN5O7S2. The van der Waals surface area contributed by atoms with Gasteiger partial charge in [0.1, 0.15) is 12.6 Å². The third-order valence-electron chi connectivity index (χ3n) is 4.81. The lowest BCUT2D eigenvalue weighted by atomic mass is 9.80. The van der Waals surface area contributed by atoms with Gasteiger partial charge in [-0.15, -0.1) is 0 Å². The van der Waals surface area contributed by atoms with Gasteiger partial charge in [0.2, 0.25) is 5.91 Å². The molecule has 0 saturated heterocycles. The molecule has 0 aliphatic carbocycles. The average molecular weight is 561 g/mol. The van der Waals surface area contributed by atoms with E-state index in [0.29, 0.717) is 41.3 Å². The molecule has 0 saturated carbocycles. The second-order valence-corrected chi connectivity index (χ2v) is 10.4. The molecule has 5 N–H and O–H groups in total. The van der Waals surface area contributed by atoms with E-state index in [0.717, 1.165) is 0 Å². The maximum absolute atomic E-state index is 12.0. The molecule has 15 heteroatoms. The van der Waals surface area contributed by atoms with E-state index in [-0.39, 0.29) is 31.0 Å². The number of carbonyl (C=O) groups is 3. The van der Waals surface area contributed by atoms with Gasteiger partial charge in [-0.25, -0.2) is 4.79 Å². The van der Waals surface area contributed by atoms with Crippen LogP contribution in [-0.4, -0.2) is 65.8 Å². The number of nitrogens with zero attached hydrogens (tertiary/aromatic N) is 3. The zero-order chi connectivity index (χ0) is 27.8. The van der Waals surface area contributed by atoms with Gasteiger partial charge in [-0.05, 0) is 48.1 Å². The molecule has 1 atom stereocenters. The Kier molecular flexibility index (Phi) is 14.2. The minimum atomic E-state index is -1.61. The van der Waals surface area contributed by atoms with Gasteiger partial charge in [-0.1, -0.05) is 51.0 Å². The summed E-state index contributed by atoms with van der Waals surface area (Å²) in [6.07, 6.45) is 1.20. The smallest absolute Gasteiger partial charge is 0.465 e. The molecule has 0 bridgehead atoms. The molecule has 2 rings (SSSR count). The highest BCUT2D eigenvalue weighted by atomic mass is 33.1. The summed E-state index contributed by atoms with van der Waals surface area (Å²) in [6, 6.07) is 11.5. The van der Waals surface area contributed by atoms with E-state index in [1.807, 2.05) is 0 Å². The molecule has 0 aliphatic rings. The first-order valence-corrected chi connectivity index (χ1v) is 14.0. The number of carbonyl (C=O) groups excluding carboxylic acids is 3. The number of hydrogen-bond acceptors (Lipinski definition) is 11. The molecule has 38 heavy (non-hydrogen) atoms. The van der Waals surface area contributed by atoms with Gasteiger partial charge in [0.15, 0.2) is 0 Å². The quantitative estimate of drug-likeness (QED) is 0.0449. The number of hydrogen-bond donors (Lipinski definition) is 4. The molecule has 1 amide bonds. The molecule has 2 aromatic carbocycles. The van der Waals surface area contributed by atoms with Crippen LogP contribution in [0.25, 0.3) is 10.4 Å². The van der Waals surface area contributed by atoms with Gasteiger partial charge < -0.3 is 30.6 Å². The molecule has 0 heterocycles. The number of anilines is 1.